The van der Waals surface area contributed by atoms with Gasteiger partial charge in [0.05, 0.1) is 24.8 Å². The molecule has 1 aliphatic rings. The van der Waals surface area contributed by atoms with Crippen molar-refractivity contribution in [1.29, 1.82) is 0 Å². The highest BCUT2D eigenvalue weighted by atomic mass is 16.5. The van der Waals surface area contributed by atoms with Crippen LogP contribution in [0, 0.1) is 0 Å². The highest BCUT2D eigenvalue weighted by Gasteiger charge is 2.34. The molecule has 6 heteroatoms. The molecule has 0 bridgehead atoms. The van der Waals surface area contributed by atoms with Gasteiger partial charge in [-0.05, 0) is 32.3 Å². The van der Waals surface area contributed by atoms with Gasteiger partial charge in [0.2, 0.25) is 0 Å². The van der Waals surface area contributed by atoms with Gasteiger partial charge in [-0.15, -0.1) is 0 Å². The summed E-state index contributed by atoms with van der Waals surface area (Å²) in [5.41, 5.74) is 1.88. The van der Waals surface area contributed by atoms with Crippen LogP contribution in [0.5, 0.6) is 5.75 Å². The summed E-state index contributed by atoms with van der Waals surface area (Å²) in [6, 6.07) is 6.69. The largest absolute Gasteiger partial charge is 0.493 e. The van der Waals surface area contributed by atoms with E-state index in [-0.39, 0.29) is 12.6 Å². The number of urea groups is 1. The Labute approximate surface area is 180 Å². The molecule has 1 unspecified atom stereocenters. The van der Waals surface area contributed by atoms with Crippen LogP contribution in [0.4, 0.5) is 4.79 Å². The molecule has 0 saturated carbocycles. The Morgan fingerprint density at radius 1 is 1.00 bits per heavy atom. The van der Waals surface area contributed by atoms with Gasteiger partial charge in [0, 0.05) is 11.3 Å². The van der Waals surface area contributed by atoms with Crippen molar-refractivity contribution in [2.24, 2.45) is 0 Å². The zero-order valence-corrected chi connectivity index (χ0v) is 18.6. The van der Waals surface area contributed by atoms with E-state index in [1.54, 1.807) is 6.92 Å². The Morgan fingerprint density at radius 2 is 1.73 bits per heavy atom. The first-order chi connectivity index (χ1) is 14.6. The van der Waals surface area contributed by atoms with Gasteiger partial charge in [0.25, 0.3) is 0 Å². The summed E-state index contributed by atoms with van der Waals surface area (Å²) in [6.45, 7) is 6.95. The van der Waals surface area contributed by atoms with Gasteiger partial charge in [0.1, 0.15) is 5.75 Å². The SMILES string of the molecule is CCCCCCCOc1ccccc1C1NC(=O)NC(CCCC)=C1C(=O)OCC. The van der Waals surface area contributed by atoms with E-state index in [1.165, 1.54) is 19.3 Å². The van der Waals surface area contributed by atoms with Gasteiger partial charge < -0.3 is 20.1 Å². The minimum absolute atomic E-state index is 0.278. The summed E-state index contributed by atoms with van der Waals surface area (Å²) in [6.07, 6.45) is 8.24. The quantitative estimate of drug-likeness (QED) is 0.333. The van der Waals surface area contributed by atoms with Crippen molar-refractivity contribution in [3.8, 4) is 5.75 Å². The van der Waals surface area contributed by atoms with E-state index in [0.29, 0.717) is 30.0 Å². The molecule has 0 fully saturated rings. The molecular formula is C24H36N2O4. The molecule has 0 saturated heterocycles. The summed E-state index contributed by atoms with van der Waals surface area (Å²) >= 11 is 0. The van der Waals surface area contributed by atoms with Crippen molar-refractivity contribution in [1.82, 2.24) is 10.6 Å². The second kappa shape index (κ2) is 12.9. The van der Waals surface area contributed by atoms with Crippen LogP contribution in [-0.2, 0) is 9.53 Å². The molecule has 2 N–H and O–H groups in total. The molecule has 0 radical (unpaired) electrons. The molecule has 2 rings (SSSR count). The second-order valence-corrected chi connectivity index (χ2v) is 7.55. The fourth-order valence-electron chi connectivity index (χ4n) is 3.59. The van der Waals surface area contributed by atoms with Crippen LogP contribution in [0.25, 0.3) is 0 Å². The molecule has 1 aliphatic heterocycles. The van der Waals surface area contributed by atoms with Crippen molar-refractivity contribution >= 4 is 12.0 Å². The number of benzene rings is 1. The predicted octanol–water partition coefficient (Wildman–Crippen LogP) is 5.40. The summed E-state index contributed by atoms with van der Waals surface area (Å²) in [4.78, 5) is 25.2. The highest BCUT2D eigenvalue weighted by molar-refractivity contribution is 5.95. The van der Waals surface area contributed by atoms with Crippen molar-refractivity contribution in [2.75, 3.05) is 13.2 Å². The lowest BCUT2D eigenvalue weighted by atomic mass is 9.93. The van der Waals surface area contributed by atoms with E-state index in [4.69, 9.17) is 9.47 Å². The lowest BCUT2D eigenvalue weighted by Gasteiger charge is -2.30. The average molecular weight is 417 g/mol. The molecule has 6 nitrogen and oxygen atoms in total. The molecule has 1 aromatic carbocycles. The second-order valence-electron chi connectivity index (χ2n) is 7.55. The number of carbonyl (C=O) groups excluding carboxylic acids is 2. The number of esters is 1. The van der Waals surface area contributed by atoms with E-state index in [9.17, 15) is 9.59 Å². The number of nitrogens with one attached hydrogen (secondary N) is 2. The average Bonchev–Trinajstić information content (AvgIpc) is 2.74. The number of rotatable bonds is 13. The molecular weight excluding hydrogens is 380 g/mol. The molecule has 2 amide bonds. The predicted molar refractivity (Wildman–Crippen MR) is 118 cm³/mol. The van der Waals surface area contributed by atoms with Gasteiger partial charge in [-0.2, -0.15) is 0 Å². The van der Waals surface area contributed by atoms with Crippen LogP contribution in [0.1, 0.15) is 83.7 Å². The zero-order valence-electron chi connectivity index (χ0n) is 18.6. The maximum Gasteiger partial charge on any atom is 0.338 e. The van der Waals surface area contributed by atoms with Crippen LogP contribution in [-0.4, -0.2) is 25.2 Å². The minimum atomic E-state index is -0.596. The Balaban J connectivity index is 2.27. The third-order valence-corrected chi connectivity index (χ3v) is 5.16. The van der Waals surface area contributed by atoms with Crippen LogP contribution >= 0.6 is 0 Å². The van der Waals surface area contributed by atoms with Gasteiger partial charge in [-0.1, -0.05) is 64.2 Å². The lowest BCUT2D eigenvalue weighted by Crippen LogP contribution is -2.46. The monoisotopic (exact) mass is 416 g/mol. The smallest absolute Gasteiger partial charge is 0.338 e. The van der Waals surface area contributed by atoms with E-state index >= 15 is 0 Å². The molecule has 0 spiro atoms. The van der Waals surface area contributed by atoms with E-state index < -0.39 is 12.0 Å². The van der Waals surface area contributed by atoms with E-state index in [1.807, 2.05) is 24.3 Å². The number of unbranched alkanes of at least 4 members (excludes halogenated alkanes) is 5. The molecule has 0 aliphatic carbocycles. The third kappa shape index (κ3) is 6.78. The van der Waals surface area contributed by atoms with Crippen molar-refractivity contribution in [3.63, 3.8) is 0 Å². The molecule has 1 heterocycles. The Kier molecular flexibility index (Phi) is 10.3. The van der Waals surface area contributed by atoms with Crippen LogP contribution in [0.3, 0.4) is 0 Å². The van der Waals surface area contributed by atoms with Gasteiger partial charge in [-0.3, -0.25) is 0 Å². The first kappa shape index (κ1) is 23.8. The maximum absolute atomic E-state index is 12.8. The van der Waals surface area contributed by atoms with Gasteiger partial charge >= 0.3 is 12.0 Å². The number of carbonyl (C=O) groups is 2. The summed E-state index contributed by atoms with van der Waals surface area (Å²) in [7, 11) is 0. The molecule has 166 valence electrons. The summed E-state index contributed by atoms with van der Waals surface area (Å²) < 4.78 is 11.4. The topological polar surface area (TPSA) is 76.7 Å². The summed E-state index contributed by atoms with van der Waals surface area (Å²) in [5, 5.41) is 5.72. The van der Waals surface area contributed by atoms with Crippen LogP contribution in [0.15, 0.2) is 35.5 Å². The summed E-state index contributed by atoms with van der Waals surface area (Å²) in [5.74, 6) is 0.285. The van der Waals surface area contributed by atoms with Crippen molar-refractivity contribution < 1.29 is 19.1 Å². The number of allylic oxidation sites excluding steroid dienone is 1. The van der Waals surface area contributed by atoms with Gasteiger partial charge in [0.15, 0.2) is 0 Å². The van der Waals surface area contributed by atoms with Crippen molar-refractivity contribution in [2.45, 2.75) is 78.2 Å². The normalized spacial score (nSPS) is 16.1. The number of hydrogen-bond donors (Lipinski definition) is 2. The number of ether oxygens (including phenoxy) is 2. The Morgan fingerprint density at radius 3 is 2.47 bits per heavy atom. The van der Waals surface area contributed by atoms with Crippen LogP contribution < -0.4 is 15.4 Å². The molecule has 30 heavy (non-hydrogen) atoms. The highest BCUT2D eigenvalue weighted by Crippen LogP contribution is 2.34. The molecule has 0 aromatic heterocycles. The van der Waals surface area contributed by atoms with Crippen molar-refractivity contribution in [3.05, 3.63) is 41.1 Å². The first-order valence-electron chi connectivity index (χ1n) is 11.3. The standard InChI is InChI=1S/C24H36N2O4/c1-4-7-9-10-13-17-30-20-16-12-11-14-18(20)22-21(23(27)29-6-3)19(15-8-5-2)25-24(28)26-22/h11-12,14,16,22H,4-10,13,15,17H2,1-3H3,(H2,25,26,28). The van der Waals surface area contributed by atoms with Gasteiger partial charge in [-0.25, -0.2) is 9.59 Å². The fraction of sp³-hybridized carbons (Fsp3) is 0.583. The Hall–Kier alpha value is -2.50. The van der Waals surface area contributed by atoms with E-state index in [0.717, 1.165) is 31.2 Å². The van der Waals surface area contributed by atoms with E-state index in [2.05, 4.69) is 24.5 Å². The number of hydrogen-bond acceptors (Lipinski definition) is 4. The Bertz CT molecular complexity index is 730. The third-order valence-electron chi connectivity index (χ3n) is 5.16. The molecule has 1 aromatic rings. The maximum atomic E-state index is 12.8. The number of amides is 2. The zero-order chi connectivity index (χ0) is 21.8. The van der Waals surface area contributed by atoms with Crippen LogP contribution in [0.2, 0.25) is 0 Å². The minimum Gasteiger partial charge on any atom is -0.493 e. The number of para-hydroxylation sites is 1. The molecule has 1 atom stereocenters. The first-order valence-corrected chi connectivity index (χ1v) is 11.3. The lowest BCUT2D eigenvalue weighted by molar-refractivity contribution is -0.139. The fourth-order valence-corrected chi connectivity index (χ4v) is 3.59.